The fourth-order valence-corrected chi connectivity index (χ4v) is 3.18. The number of carbonyl (C=O) groups is 2. The molecule has 0 aromatic rings. The highest BCUT2D eigenvalue weighted by Crippen LogP contribution is 2.44. The minimum atomic E-state index is -1.39. The van der Waals surface area contributed by atoms with Crippen molar-refractivity contribution in [2.75, 3.05) is 0 Å². The van der Waals surface area contributed by atoms with Crippen LogP contribution in [0.2, 0.25) is 0 Å². The molecule has 3 saturated heterocycles. The van der Waals surface area contributed by atoms with Gasteiger partial charge in [0.2, 0.25) is 0 Å². The van der Waals surface area contributed by atoms with E-state index < -0.39 is 60.2 Å². The zero-order valence-corrected chi connectivity index (χ0v) is 14.2. The predicted molar refractivity (Wildman–Crippen MR) is 75.1 cm³/mol. The van der Waals surface area contributed by atoms with E-state index in [0.717, 1.165) is 0 Å². The number of ether oxygens (including phenoxy) is 5. The SMILES string of the molecule is C[C@H](NC(=O)[C@H]1O[C@@H]2OC(C)(C)O[C@@H]2[C@H]2OC(C)(C)O[C@H]21)C(=O)[O-]. The first-order valence-electron chi connectivity index (χ1n) is 7.87. The number of rotatable bonds is 3. The van der Waals surface area contributed by atoms with Gasteiger partial charge in [0, 0.05) is 0 Å². The molecule has 0 radical (unpaired) electrons. The lowest BCUT2D eigenvalue weighted by Crippen LogP contribution is -2.61. The van der Waals surface area contributed by atoms with Crippen LogP contribution in [0.25, 0.3) is 0 Å². The van der Waals surface area contributed by atoms with Gasteiger partial charge in [-0.15, -0.1) is 0 Å². The van der Waals surface area contributed by atoms with Gasteiger partial charge in [0.15, 0.2) is 24.0 Å². The number of carboxylic acids is 1. The molecule has 0 unspecified atom stereocenters. The number of fused-ring (bicyclic) bond motifs is 3. The normalized spacial score (nSPS) is 40.5. The summed E-state index contributed by atoms with van der Waals surface area (Å²) in [6.45, 7) is 8.22. The standard InChI is InChI=1S/C15H23NO8/c1-6(12(18)19)16-11(17)9-7-8(22-14(2,3)21-7)10-13(20-9)24-15(4,5)23-10/h6-10,13H,1-5H3,(H,16,17)(H,18,19)/p-1/t6-,7+,8-,9-,10+,13+/m0/s1. The Bertz CT molecular complexity index is 548. The first-order chi connectivity index (χ1) is 11.0. The number of carboxylic acid groups (broad SMARTS) is 1. The highest BCUT2D eigenvalue weighted by atomic mass is 16.9. The van der Waals surface area contributed by atoms with Crippen molar-refractivity contribution in [1.29, 1.82) is 0 Å². The fourth-order valence-electron chi connectivity index (χ4n) is 3.18. The number of aliphatic carboxylic acids is 1. The first-order valence-corrected chi connectivity index (χ1v) is 7.87. The maximum absolute atomic E-state index is 12.5. The first kappa shape index (κ1) is 17.6. The molecule has 9 nitrogen and oxygen atoms in total. The topological polar surface area (TPSA) is 115 Å². The van der Waals surface area contributed by atoms with Crippen LogP contribution in [0.4, 0.5) is 0 Å². The summed E-state index contributed by atoms with van der Waals surface area (Å²) >= 11 is 0. The molecule has 1 amide bonds. The molecule has 3 rings (SSSR count). The lowest BCUT2D eigenvalue weighted by Gasteiger charge is -2.36. The summed E-state index contributed by atoms with van der Waals surface area (Å²) in [5.41, 5.74) is 0. The van der Waals surface area contributed by atoms with Gasteiger partial charge in [0.1, 0.15) is 18.3 Å². The van der Waals surface area contributed by atoms with Crippen molar-refractivity contribution in [2.45, 2.75) is 82.9 Å². The summed E-state index contributed by atoms with van der Waals surface area (Å²) < 4.78 is 28.9. The lowest BCUT2D eigenvalue weighted by atomic mass is 9.98. The summed E-state index contributed by atoms with van der Waals surface area (Å²) in [5.74, 6) is -3.84. The second-order valence-electron chi connectivity index (χ2n) is 7.14. The predicted octanol–water partition coefficient (Wildman–Crippen LogP) is -1.36. The summed E-state index contributed by atoms with van der Waals surface area (Å²) in [6, 6.07) is -1.16. The Labute approximate surface area is 139 Å². The molecule has 0 aromatic carbocycles. The van der Waals surface area contributed by atoms with E-state index in [1.807, 2.05) is 0 Å². The van der Waals surface area contributed by atoms with E-state index >= 15 is 0 Å². The van der Waals surface area contributed by atoms with Crippen LogP contribution in [0.5, 0.6) is 0 Å². The largest absolute Gasteiger partial charge is 0.548 e. The molecule has 3 aliphatic heterocycles. The summed E-state index contributed by atoms with van der Waals surface area (Å²) in [6.07, 6.45) is -3.76. The van der Waals surface area contributed by atoms with E-state index in [1.165, 1.54) is 6.92 Å². The molecule has 1 N–H and O–H groups in total. The third-order valence-corrected chi connectivity index (χ3v) is 4.13. The Kier molecular flexibility index (Phi) is 4.12. The molecule has 9 heteroatoms. The molecule has 0 bridgehead atoms. The quantitative estimate of drug-likeness (QED) is 0.667. The molecule has 24 heavy (non-hydrogen) atoms. The van der Waals surface area contributed by atoms with Crippen LogP contribution in [0.15, 0.2) is 0 Å². The molecule has 0 saturated carbocycles. The highest BCUT2D eigenvalue weighted by Gasteiger charge is 2.62. The van der Waals surface area contributed by atoms with Crippen molar-refractivity contribution in [1.82, 2.24) is 5.32 Å². The van der Waals surface area contributed by atoms with Crippen molar-refractivity contribution >= 4 is 11.9 Å². The van der Waals surface area contributed by atoms with E-state index in [-0.39, 0.29) is 0 Å². The monoisotopic (exact) mass is 344 g/mol. The van der Waals surface area contributed by atoms with Gasteiger partial charge in [-0.05, 0) is 34.6 Å². The van der Waals surface area contributed by atoms with Gasteiger partial charge < -0.3 is 38.9 Å². The fraction of sp³-hybridized carbons (Fsp3) is 0.867. The molecule has 3 heterocycles. The van der Waals surface area contributed by atoms with Crippen LogP contribution >= 0.6 is 0 Å². The van der Waals surface area contributed by atoms with E-state index in [0.29, 0.717) is 0 Å². The van der Waals surface area contributed by atoms with Gasteiger partial charge in [-0.2, -0.15) is 0 Å². The van der Waals surface area contributed by atoms with Crippen molar-refractivity contribution in [3.8, 4) is 0 Å². The third kappa shape index (κ3) is 3.14. The summed E-state index contributed by atoms with van der Waals surface area (Å²) in [7, 11) is 0. The van der Waals surface area contributed by atoms with Gasteiger partial charge in [0.05, 0.1) is 12.0 Å². The molecule has 0 spiro atoms. The van der Waals surface area contributed by atoms with E-state index in [4.69, 9.17) is 23.7 Å². The highest BCUT2D eigenvalue weighted by molar-refractivity contribution is 5.86. The van der Waals surface area contributed by atoms with Gasteiger partial charge in [-0.25, -0.2) is 0 Å². The van der Waals surface area contributed by atoms with Crippen molar-refractivity contribution in [3.63, 3.8) is 0 Å². The molecule has 136 valence electrons. The Morgan fingerprint density at radius 3 is 2.12 bits per heavy atom. The molecular formula is C15H22NO8-. The van der Waals surface area contributed by atoms with Gasteiger partial charge in [-0.3, -0.25) is 4.79 Å². The lowest BCUT2D eigenvalue weighted by molar-refractivity contribution is -0.308. The summed E-state index contributed by atoms with van der Waals surface area (Å²) in [5, 5.41) is 13.2. The smallest absolute Gasteiger partial charge is 0.252 e. The molecule has 0 aliphatic carbocycles. The Morgan fingerprint density at radius 2 is 1.50 bits per heavy atom. The maximum Gasteiger partial charge on any atom is 0.252 e. The van der Waals surface area contributed by atoms with Crippen LogP contribution in [0, 0.1) is 0 Å². The minimum Gasteiger partial charge on any atom is -0.548 e. The Balaban J connectivity index is 1.82. The number of hydrogen-bond acceptors (Lipinski definition) is 8. The van der Waals surface area contributed by atoms with E-state index in [9.17, 15) is 14.7 Å². The molecule has 6 atom stereocenters. The second kappa shape index (κ2) is 5.63. The average molecular weight is 344 g/mol. The number of nitrogens with one attached hydrogen (secondary N) is 1. The second-order valence-corrected chi connectivity index (χ2v) is 7.14. The van der Waals surface area contributed by atoms with Gasteiger partial charge >= 0.3 is 0 Å². The zero-order valence-electron chi connectivity index (χ0n) is 14.2. The maximum atomic E-state index is 12.5. The Morgan fingerprint density at radius 1 is 0.958 bits per heavy atom. The molecule has 0 aromatic heterocycles. The Hall–Kier alpha value is -1.26. The molecule has 3 aliphatic rings. The van der Waals surface area contributed by atoms with E-state index in [2.05, 4.69) is 5.32 Å². The zero-order chi connectivity index (χ0) is 17.9. The van der Waals surface area contributed by atoms with Crippen molar-refractivity contribution in [3.05, 3.63) is 0 Å². The molecular weight excluding hydrogens is 322 g/mol. The number of hydrogen-bond donors (Lipinski definition) is 1. The van der Waals surface area contributed by atoms with Crippen LogP contribution in [0.3, 0.4) is 0 Å². The van der Waals surface area contributed by atoms with Crippen LogP contribution in [-0.4, -0.2) is 60.2 Å². The minimum absolute atomic E-state index is 0.547. The van der Waals surface area contributed by atoms with Crippen LogP contribution < -0.4 is 10.4 Å². The summed E-state index contributed by atoms with van der Waals surface area (Å²) in [4.78, 5) is 23.3. The van der Waals surface area contributed by atoms with Gasteiger partial charge in [-0.1, -0.05) is 0 Å². The number of amides is 1. The van der Waals surface area contributed by atoms with Gasteiger partial charge in [0.25, 0.3) is 5.91 Å². The third-order valence-electron chi connectivity index (χ3n) is 4.13. The number of carbonyl (C=O) groups excluding carboxylic acids is 2. The average Bonchev–Trinajstić information content (AvgIpc) is 2.91. The van der Waals surface area contributed by atoms with Crippen LogP contribution in [-0.2, 0) is 33.3 Å². The van der Waals surface area contributed by atoms with Crippen molar-refractivity contribution < 1.29 is 38.4 Å². The van der Waals surface area contributed by atoms with E-state index in [1.54, 1.807) is 27.7 Å². The molecule has 3 fully saturated rings. The van der Waals surface area contributed by atoms with Crippen molar-refractivity contribution in [2.24, 2.45) is 0 Å². The van der Waals surface area contributed by atoms with Crippen LogP contribution in [0.1, 0.15) is 34.6 Å².